The van der Waals surface area contributed by atoms with Gasteiger partial charge in [0.2, 0.25) is 6.19 Å². The number of hydrogen-bond donors (Lipinski definition) is 0. The van der Waals surface area contributed by atoms with Crippen molar-refractivity contribution in [2.24, 2.45) is 4.99 Å². The predicted molar refractivity (Wildman–Crippen MR) is 61.6 cm³/mol. The summed E-state index contributed by atoms with van der Waals surface area (Å²) in [6.07, 6.45) is 4.84. The van der Waals surface area contributed by atoms with E-state index in [0.29, 0.717) is 11.7 Å². The summed E-state index contributed by atoms with van der Waals surface area (Å²) in [6.45, 7) is 0.648. The zero-order chi connectivity index (χ0) is 10.4. The van der Waals surface area contributed by atoms with Gasteiger partial charge in [0.1, 0.15) is 11.5 Å². The van der Waals surface area contributed by atoms with Gasteiger partial charge < -0.3 is 4.90 Å². The number of aliphatic imine (C=N–C) groups is 1. The van der Waals surface area contributed by atoms with Gasteiger partial charge in [-0.1, -0.05) is 25.1 Å². The van der Waals surface area contributed by atoms with Crippen LogP contribution in [0, 0.1) is 11.5 Å². The van der Waals surface area contributed by atoms with Gasteiger partial charge in [0.25, 0.3) is 0 Å². The highest BCUT2D eigenvalue weighted by Gasteiger charge is 1.96. The summed E-state index contributed by atoms with van der Waals surface area (Å²) in [7, 11) is 1.83. The summed E-state index contributed by atoms with van der Waals surface area (Å²) in [5.41, 5.74) is 1.02. The third-order valence-electron chi connectivity index (χ3n) is 1.53. The Morgan fingerprint density at radius 3 is 2.93 bits per heavy atom. The molecule has 0 atom stereocenters. The van der Waals surface area contributed by atoms with Gasteiger partial charge in [-0.2, -0.15) is 10.3 Å². The van der Waals surface area contributed by atoms with E-state index in [4.69, 9.17) is 16.9 Å². The number of hydrogen-bond acceptors (Lipinski definition) is 3. The molecule has 0 saturated heterocycles. The van der Waals surface area contributed by atoms with Crippen molar-refractivity contribution in [2.45, 2.75) is 14.0 Å². The SMILES string of the molecule is C.CN(C=NC#N)Cc1ccc(Cl)nc1. The van der Waals surface area contributed by atoms with E-state index in [2.05, 4.69) is 9.98 Å². The molecule has 1 heterocycles. The van der Waals surface area contributed by atoms with Crippen LogP contribution >= 0.6 is 11.6 Å². The van der Waals surface area contributed by atoms with E-state index in [0.717, 1.165) is 5.56 Å². The van der Waals surface area contributed by atoms with Crippen LogP contribution in [-0.4, -0.2) is 23.3 Å². The van der Waals surface area contributed by atoms with Crippen LogP contribution in [0.5, 0.6) is 0 Å². The topological polar surface area (TPSA) is 52.3 Å². The van der Waals surface area contributed by atoms with Crippen molar-refractivity contribution in [2.75, 3.05) is 7.05 Å². The molecule has 0 saturated carbocycles. The van der Waals surface area contributed by atoms with Gasteiger partial charge in [0.15, 0.2) is 0 Å². The molecule has 0 bridgehead atoms. The molecule has 0 aliphatic rings. The first-order valence-electron chi connectivity index (χ1n) is 3.95. The third-order valence-corrected chi connectivity index (χ3v) is 1.76. The molecule has 1 rings (SSSR count). The van der Waals surface area contributed by atoms with Crippen LogP contribution in [0.4, 0.5) is 0 Å². The van der Waals surface area contributed by atoms with E-state index in [1.54, 1.807) is 23.4 Å². The van der Waals surface area contributed by atoms with Crippen LogP contribution in [0.25, 0.3) is 0 Å². The maximum atomic E-state index is 8.21. The van der Waals surface area contributed by atoms with Crippen LogP contribution < -0.4 is 0 Å². The zero-order valence-electron chi connectivity index (χ0n) is 7.68. The molecular formula is C10H13ClN4. The van der Waals surface area contributed by atoms with E-state index >= 15 is 0 Å². The number of rotatable bonds is 3. The smallest absolute Gasteiger partial charge is 0.207 e. The van der Waals surface area contributed by atoms with E-state index < -0.39 is 0 Å². The average Bonchev–Trinajstić information content (AvgIpc) is 2.18. The largest absolute Gasteiger partial charge is 0.361 e. The highest BCUT2D eigenvalue weighted by Crippen LogP contribution is 2.06. The lowest BCUT2D eigenvalue weighted by Gasteiger charge is -2.11. The van der Waals surface area contributed by atoms with Crippen LogP contribution in [0.2, 0.25) is 5.15 Å². The highest BCUT2D eigenvalue weighted by atomic mass is 35.5. The summed E-state index contributed by atoms with van der Waals surface area (Å²) < 4.78 is 0. The Bertz CT molecular complexity index is 353. The molecule has 80 valence electrons. The second-order valence-electron chi connectivity index (χ2n) is 2.75. The van der Waals surface area contributed by atoms with Crippen molar-refractivity contribution in [3.05, 3.63) is 29.0 Å². The fourth-order valence-corrected chi connectivity index (χ4v) is 1.06. The molecule has 4 nitrogen and oxygen atoms in total. The van der Waals surface area contributed by atoms with Crippen molar-refractivity contribution in [3.63, 3.8) is 0 Å². The lowest BCUT2D eigenvalue weighted by molar-refractivity contribution is 0.515. The lowest BCUT2D eigenvalue weighted by Crippen LogP contribution is -2.15. The molecule has 0 aromatic carbocycles. The minimum absolute atomic E-state index is 0. The highest BCUT2D eigenvalue weighted by molar-refractivity contribution is 6.29. The maximum absolute atomic E-state index is 8.21. The Kier molecular flexibility index (Phi) is 6.07. The molecule has 1 aromatic rings. The molecular weight excluding hydrogens is 212 g/mol. The van der Waals surface area contributed by atoms with E-state index in [1.165, 1.54) is 6.34 Å². The molecule has 0 spiro atoms. The molecule has 0 fully saturated rings. The Morgan fingerprint density at radius 1 is 1.67 bits per heavy atom. The molecule has 15 heavy (non-hydrogen) atoms. The first-order chi connectivity index (χ1) is 6.72. The summed E-state index contributed by atoms with van der Waals surface area (Å²) >= 11 is 5.64. The van der Waals surface area contributed by atoms with E-state index in [9.17, 15) is 0 Å². The van der Waals surface area contributed by atoms with Crippen molar-refractivity contribution in [3.8, 4) is 6.19 Å². The lowest BCUT2D eigenvalue weighted by atomic mass is 10.3. The van der Waals surface area contributed by atoms with Gasteiger partial charge in [-0.15, -0.1) is 0 Å². The Hall–Kier alpha value is -1.60. The molecule has 1 aromatic heterocycles. The molecule has 0 amide bonds. The minimum atomic E-state index is 0. The number of nitrogens with zero attached hydrogens (tertiary/aromatic N) is 4. The molecule has 0 N–H and O–H groups in total. The standard InChI is InChI=1S/C9H9ClN4.CH4/c1-14(7-12-6-11)5-8-2-3-9(10)13-4-8;/h2-4,7H,5H2,1H3;1H4. The Labute approximate surface area is 94.8 Å². The van der Waals surface area contributed by atoms with Crippen molar-refractivity contribution < 1.29 is 0 Å². The minimum Gasteiger partial charge on any atom is -0.361 e. The fraction of sp³-hybridized carbons (Fsp3) is 0.300. The normalized spacial score (nSPS) is 9.40. The molecule has 0 radical (unpaired) electrons. The van der Waals surface area contributed by atoms with Gasteiger partial charge in [-0.05, 0) is 11.6 Å². The second kappa shape index (κ2) is 6.80. The van der Waals surface area contributed by atoms with Gasteiger partial charge in [-0.25, -0.2) is 4.98 Å². The molecule has 0 unspecified atom stereocenters. The monoisotopic (exact) mass is 224 g/mol. The number of nitriles is 1. The van der Waals surface area contributed by atoms with Crippen LogP contribution in [0.1, 0.15) is 13.0 Å². The summed E-state index contributed by atoms with van der Waals surface area (Å²) in [4.78, 5) is 9.17. The van der Waals surface area contributed by atoms with Crippen molar-refractivity contribution in [1.82, 2.24) is 9.88 Å². The number of aromatic nitrogens is 1. The number of pyridine rings is 1. The number of halogens is 1. The predicted octanol–water partition coefficient (Wildman–Crippen LogP) is 2.31. The van der Waals surface area contributed by atoms with Crippen LogP contribution in [0.3, 0.4) is 0 Å². The van der Waals surface area contributed by atoms with Crippen LogP contribution in [0.15, 0.2) is 23.3 Å². The van der Waals surface area contributed by atoms with E-state index in [-0.39, 0.29) is 7.43 Å². The molecule has 0 aliphatic heterocycles. The fourth-order valence-electron chi connectivity index (χ4n) is 0.953. The van der Waals surface area contributed by atoms with Gasteiger partial charge >= 0.3 is 0 Å². The molecule has 0 aliphatic carbocycles. The Morgan fingerprint density at radius 2 is 2.40 bits per heavy atom. The summed E-state index contributed by atoms with van der Waals surface area (Å²) in [5, 5.41) is 8.69. The zero-order valence-corrected chi connectivity index (χ0v) is 8.44. The van der Waals surface area contributed by atoms with Gasteiger partial charge in [0.05, 0.1) is 0 Å². The average molecular weight is 225 g/mol. The van der Waals surface area contributed by atoms with Crippen molar-refractivity contribution >= 4 is 17.9 Å². The van der Waals surface area contributed by atoms with Crippen molar-refractivity contribution in [1.29, 1.82) is 5.26 Å². The van der Waals surface area contributed by atoms with E-state index in [1.807, 2.05) is 13.1 Å². The van der Waals surface area contributed by atoms with Crippen LogP contribution in [-0.2, 0) is 6.54 Å². The Balaban J connectivity index is 0.00000196. The first kappa shape index (κ1) is 13.4. The van der Waals surface area contributed by atoms with Gasteiger partial charge in [-0.3, -0.25) is 0 Å². The maximum Gasteiger partial charge on any atom is 0.207 e. The summed E-state index contributed by atoms with van der Waals surface area (Å²) in [5.74, 6) is 0. The third kappa shape index (κ3) is 4.99. The molecule has 5 heteroatoms. The first-order valence-corrected chi connectivity index (χ1v) is 4.33. The second-order valence-corrected chi connectivity index (χ2v) is 3.14. The van der Waals surface area contributed by atoms with Gasteiger partial charge in [0, 0.05) is 19.8 Å². The summed E-state index contributed by atoms with van der Waals surface area (Å²) in [6, 6.07) is 3.61. The quantitative estimate of drug-likeness (QED) is 0.343.